The highest BCUT2D eigenvalue weighted by Crippen LogP contribution is 2.42. The van der Waals surface area contributed by atoms with Crippen LogP contribution in [0, 0.1) is 6.92 Å². The number of rotatable bonds is 12. The van der Waals surface area contributed by atoms with Crippen molar-refractivity contribution in [1.82, 2.24) is 14.5 Å². The normalized spacial score (nSPS) is 16.0. The average molecular weight is 582 g/mol. The van der Waals surface area contributed by atoms with Gasteiger partial charge in [-0.15, -0.1) is 0 Å². The summed E-state index contributed by atoms with van der Waals surface area (Å²) in [5, 5.41) is 11.5. The first-order valence-electron chi connectivity index (χ1n) is 14.2. The second-order valence-electron chi connectivity index (χ2n) is 10.3. The van der Waals surface area contributed by atoms with E-state index in [9.17, 15) is 14.7 Å². The summed E-state index contributed by atoms with van der Waals surface area (Å²) >= 11 is 0. The van der Waals surface area contributed by atoms with Gasteiger partial charge in [0.05, 0.1) is 31.7 Å². The fourth-order valence-corrected chi connectivity index (χ4v) is 5.26. The first-order valence-corrected chi connectivity index (χ1v) is 14.2. The maximum atomic E-state index is 13.5. The molecule has 0 aliphatic carbocycles. The third-order valence-corrected chi connectivity index (χ3v) is 7.33. The molecule has 1 fully saturated rings. The molecule has 222 valence electrons. The number of aliphatic hydroxyl groups is 1. The standard InChI is InChI=1S/C34H35N3O6/c1-4-42-28-14-11-26(20-29(28)41-3)31-30(33(39)34(40)37(31)17-6-16-36-18-15-35-22-36)32(38)25-9-12-27(13-10-25)43-21-24-8-5-7-23(2)19-24/h5,7-15,18-20,22,31,38H,4,6,16-17,21H2,1-3H3/b32-30+. The molecule has 1 saturated heterocycles. The fraction of sp³-hybridized carbons (Fsp3) is 0.265. The first-order chi connectivity index (χ1) is 20.9. The molecule has 4 aromatic rings. The van der Waals surface area contributed by atoms with Gasteiger partial charge in [-0.05, 0) is 67.8 Å². The Kier molecular flexibility index (Phi) is 9.10. The van der Waals surface area contributed by atoms with Gasteiger partial charge in [-0.2, -0.15) is 0 Å². The third kappa shape index (κ3) is 6.56. The van der Waals surface area contributed by atoms with E-state index in [1.165, 1.54) is 12.0 Å². The van der Waals surface area contributed by atoms with Crippen molar-refractivity contribution in [2.24, 2.45) is 0 Å². The van der Waals surface area contributed by atoms with Gasteiger partial charge >= 0.3 is 0 Å². The Morgan fingerprint density at radius 2 is 1.79 bits per heavy atom. The zero-order valence-corrected chi connectivity index (χ0v) is 24.5. The molecule has 43 heavy (non-hydrogen) atoms. The number of aliphatic hydroxyl groups excluding tert-OH is 1. The Morgan fingerprint density at radius 1 is 0.977 bits per heavy atom. The highest BCUT2D eigenvalue weighted by molar-refractivity contribution is 6.46. The molecule has 3 aromatic carbocycles. The molecule has 1 atom stereocenters. The van der Waals surface area contributed by atoms with Crippen molar-refractivity contribution in [1.29, 1.82) is 0 Å². The number of aryl methyl sites for hydroxylation is 2. The molecule has 0 saturated carbocycles. The van der Waals surface area contributed by atoms with E-state index in [-0.39, 0.29) is 11.3 Å². The Hall–Kier alpha value is -5.05. The van der Waals surface area contributed by atoms with Crippen molar-refractivity contribution in [2.45, 2.75) is 39.5 Å². The molecular formula is C34H35N3O6. The SMILES string of the molecule is CCOc1ccc(C2/C(=C(\O)c3ccc(OCc4cccc(C)c4)cc3)C(=O)C(=O)N2CCCn2ccnc2)cc1OC. The molecule has 2 heterocycles. The van der Waals surface area contributed by atoms with Gasteiger partial charge in [-0.3, -0.25) is 9.59 Å². The van der Waals surface area contributed by atoms with Gasteiger partial charge in [-0.25, -0.2) is 4.98 Å². The number of likely N-dealkylation sites (tertiary alicyclic amines) is 1. The van der Waals surface area contributed by atoms with Crippen molar-refractivity contribution in [3.63, 3.8) is 0 Å². The molecule has 1 amide bonds. The minimum Gasteiger partial charge on any atom is -0.507 e. The highest BCUT2D eigenvalue weighted by Gasteiger charge is 2.46. The van der Waals surface area contributed by atoms with Crippen LogP contribution in [0.25, 0.3) is 5.76 Å². The predicted octanol–water partition coefficient (Wildman–Crippen LogP) is 5.69. The van der Waals surface area contributed by atoms with Crippen LogP contribution in [0.15, 0.2) is 91.0 Å². The molecule has 5 rings (SSSR count). The quantitative estimate of drug-likeness (QED) is 0.130. The summed E-state index contributed by atoms with van der Waals surface area (Å²) < 4.78 is 19.1. The fourth-order valence-electron chi connectivity index (χ4n) is 5.26. The number of ketones is 1. The molecular weight excluding hydrogens is 546 g/mol. The zero-order chi connectivity index (χ0) is 30.3. The van der Waals surface area contributed by atoms with Gasteiger partial charge in [0, 0.05) is 31.0 Å². The van der Waals surface area contributed by atoms with Crippen LogP contribution in [0.5, 0.6) is 17.2 Å². The lowest BCUT2D eigenvalue weighted by Crippen LogP contribution is -2.31. The van der Waals surface area contributed by atoms with Gasteiger partial charge in [0.25, 0.3) is 11.7 Å². The molecule has 0 spiro atoms. The molecule has 1 aromatic heterocycles. The Bertz CT molecular complexity index is 1610. The monoisotopic (exact) mass is 581 g/mol. The molecule has 0 bridgehead atoms. The lowest BCUT2D eigenvalue weighted by molar-refractivity contribution is -0.139. The molecule has 1 unspecified atom stereocenters. The summed E-state index contributed by atoms with van der Waals surface area (Å²) in [6.45, 7) is 5.67. The van der Waals surface area contributed by atoms with Gasteiger partial charge in [0.2, 0.25) is 0 Å². The highest BCUT2D eigenvalue weighted by atomic mass is 16.5. The average Bonchev–Trinajstić information content (AvgIpc) is 3.63. The van der Waals surface area contributed by atoms with Gasteiger partial charge in [0.15, 0.2) is 11.5 Å². The number of carbonyl (C=O) groups excluding carboxylic acids is 2. The number of amides is 1. The second kappa shape index (κ2) is 13.3. The van der Waals surface area contributed by atoms with E-state index >= 15 is 0 Å². The van der Waals surface area contributed by atoms with Gasteiger partial charge in [-0.1, -0.05) is 35.9 Å². The van der Waals surface area contributed by atoms with E-state index in [1.807, 2.05) is 42.8 Å². The van der Waals surface area contributed by atoms with E-state index in [0.29, 0.717) is 61.1 Å². The maximum absolute atomic E-state index is 13.5. The van der Waals surface area contributed by atoms with Crippen LogP contribution in [0.3, 0.4) is 0 Å². The van der Waals surface area contributed by atoms with Crippen molar-refractivity contribution in [2.75, 3.05) is 20.3 Å². The van der Waals surface area contributed by atoms with E-state index in [2.05, 4.69) is 11.1 Å². The predicted molar refractivity (Wildman–Crippen MR) is 162 cm³/mol. The smallest absolute Gasteiger partial charge is 0.295 e. The summed E-state index contributed by atoms with van der Waals surface area (Å²) in [5.74, 6) is -0.0178. The summed E-state index contributed by atoms with van der Waals surface area (Å²) in [6, 6.07) is 19.4. The Morgan fingerprint density at radius 3 is 2.49 bits per heavy atom. The van der Waals surface area contributed by atoms with Crippen molar-refractivity contribution in [3.05, 3.63) is 113 Å². The van der Waals surface area contributed by atoms with Crippen LogP contribution in [0.1, 0.15) is 41.6 Å². The van der Waals surface area contributed by atoms with E-state index < -0.39 is 17.7 Å². The number of aromatic nitrogens is 2. The summed E-state index contributed by atoms with van der Waals surface area (Å²) in [6.07, 6.45) is 5.83. The van der Waals surface area contributed by atoms with Crippen molar-refractivity contribution >= 4 is 17.4 Å². The Labute approximate surface area is 251 Å². The molecule has 9 nitrogen and oxygen atoms in total. The lowest BCUT2D eigenvalue weighted by atomic mass is 9.95. The number of ether oxygens (including phenoxy) is 3. The largest absolute Gasteiger partial charge is 0.507 e. The topological polar surface area (TPSA) is 103 Å². The maximum Gasteiger partial charge on any atom is 0.295 e. The number of hydrogen-bond donors (Lipinski definition) is 1. The molecule has 1 aliphatic rings. The molecule has 1 aliphatic heterocycles. The first kappa shape index (κ1) is 29.4. The van der Waals surface area contributed by atoms with Gasteiger partial charge in [0.1, 0.15) is 18.1 Å². The van der Waals surface area contributed by atoms with E-state index in [4.69, 9.17) is 14.2 Å². The number of imidazole rings is 1. The summed E-state index contributed by atoms with van der Waals surface area (Å²) in [4.78, 5) is 32.4. The Balaban J connectivity index is 1.46. The molecule has 1 N–H and O–H groups in total. The lowest BCUT2D eigenvalue weighted by Gasteiger charge is -2.26. The minimum absolute atomic E-state index is 0.0206. The zero-order valence-electron chi connectivity index (χ0n) is 24.5. The number of methoxy groups -OCH3 is 1. The van der Waals surface area contributed by atoms with Crippen LogP contribution in [-0.2, 0) is 22.7 Å². The number of hydrogen-bond acceptors (Lipinski definition) is 7. The van der Waals surface area contributed by atoms with E-state index in [0.717, 1.165) is 11.1 Å². The minimum atomic E-state index is -0.815. The van der Waals surface area contributed by atoms with Crippen molar-refractivity contribution in [3.8, 4) is 17.2 Å². The summed E-state index contributed by atoms with van der Waals surface area (Å²) in [5.41, 5.74) is 3.25. The van der Waals surface area contributed by atoms with Crippen LogP contribution >= 0.6 is 0 Å². The second-order valence-corrected chi connectivity index (χ2v) is 10.3. The van der Waals surface area contributed by atoms with E-state index in [1.54, 1.807) is 55.0 Å². The number of nitrogens with zero attached hydrogens (tertiary/aromatic N) is 3. The summed E-state index contributed by atoms with van der Waals surface area (Å²) in [7, 11) is 1.53. The van der Waals surface area contributed by atoms with Crippen molar-refractivity contribution < 1.29 is 28.9 Å². The number of benzene rings is 3. The number of carbonyl (C=O) groups is 2. The van der Waals surface area contributed by atoms with Crippen LogP contribution in [0.4, 0.5) is 0 Å². The van der Waals surface area contributed by atoms with Crippen LogP contribution < -0.4 is 14.2 Å². The third-order valence-electron chi connectivity index (χ3n) is 7.33. The molecule has 9 heteroatoms. The van der Waals surface area contributed by atoms with Crippen LogP contribution in [0.2, 0.25) is 0 Å². The molecule has 0 radical (unpaired) electrons. The van der Waals surface area contributed by atoms with Gasteiger partial charge < -0.3 is 28.8 Å². The number of Topliss-reactive ketones (excluding diaryl/α,β-unsaturated/α-hetero) is 1. The van der Waals surface area contributed by atoms with Crippen LogP contribution in [-0.4, -0.2) is 51.5 Å².